The normalized spacial score (nSPS) is 14.5. The Balaban J connectivity index is 1.03. The molecule has 0 saturated heterocycles. The van der Waals surface area contributed by atoms with Crippen LogP contribution in [0.4, 0.5) is 34.1 Å². The predicted octanol–water partition coefficient (Wildman–Crippen LogP) is 17.7. The van der Waals surface area contributed by atoms with Crippen LogP contribution in [0.1, 0.15) is 22.3 Å². The average Bonchev–Trinajstić information content (AvgIpc) is 4.11. The maximum absolute atomic E-state index is 2.51. The highest BCUT2D eigenvalue weighted by atomic mass is 32.1. The van der Waals surface area contributed by atoms with Crippen molar-refractivity contribution in [2.75, 3.05) is 9.80 Å². The summed E-state index contributed by atoms with van der Waals surface area (Å²) in [5.74, 6) is 0. The number of rotatable bonds is 6. The van der Waals surface area contributed by atoms with Gasteiger partial charge >= 0.3 is 0 Å². The molecule has 2 aliphatic rings. The highest BCUT2D eigenvalue weighted by Crippen LogP contribution is 2.65. The summed E-state index contributed by atoms with van der Waals surface area (Å²) in [7, 11) is 0. The lowest BCUT2D eigenvalue weighted by Gasteiger charge is -2.33. The molecule has 14 rings (SSSR count). The highest BCUT2D eigenvalue weighted by Gasteiger charge is 2.52. The molecule has 0 amide bonds. The van der Waals surface area contributed by atoms with Gasteiger partial charge in [0.2, 0.25) is 0 Å². The molecule has 0 fully saturated rings. The maximum atomic E-state index is 2.51. The van der Waals surface area contributed by atoms with Crippen molar-refractivity contribution in [2.24, 2.45) is 0 Å². The van der Waals surface area contributed by atoms with Crippen LogP contribution in [0.15, 0.2) is 231 Å². The summed E-state index contributed by atoms with van der Waals surface area (Å²) in [6, 6.07) is 85.8. The van der Waals surface area contributed by atoms with E-state index in [1.54, 1.807) is 0 Å². The van der Waals surface area contributed by atoms with Gasteiger partial charge in [-0.05, 0) is 118 Å². The Bertz CT molecular complexity index is 3870. The number of anilines is 6. The van der Waals surface area contributed by atoms with Crippen LogP contribution in [0.3, 0.4) is 0 Å². The van der Waals surface area contributed by atoms with E-state index < -0.39 is 5.41 Å². The standard InChI is InChI=1S/C61H38N2S2/c1-3-17-39(18-4-1)62(41-34-36-58-49(37-41)46-23-10-13-31-56(46)64-58)54-29-16-28-52-59(54)48-24-8-12-27-51(48)61(52)50-26-11-7-21-43(50)44-35-33-42(38-53(44)61)63(40-19-5-2-6-20-40)55-30-15-25-47-45-22-9-14-32-57(45)65-60(47)55/h1-38H. The molecular formula is C61H38N2S2. The Morgan fingerprint density at radius 2 is 0.800 bits per heavy atom. The molecule has 1 spiro atoms. The number of nitrogens with zero attached hydrogens (tertiary/aromatic N) is 2. The van der Waals surface area contributed by atoms with Crippen molar-refractivity contribution in [3.63, 3.8) is 0 Å². The third kappa shape index (κ3) is 5.21. The summed E-state index contributed by atoms with van der Waals surface area (Å²) in [6.07, 6.45) is 0. The first kappa shape index (κ1) is 36.7. The van der Waals surface area contributed by atoms with Crippen molar-refractivity contribution in [1.82, 2.24) is 0 Å². The lowest BCUT2D eigenvalue weighted by molar-refractivity contribution is 0.793. The molecule has 0 aliphatic heterocycles. The number of hydrogen-bond acceptors (Lipinski definition) is 4. The second-order valence-corrected chi connectivity index (χ2v) is 19.3. The molecule has 65 heavy (non-hydrogen) atoms. The minimum Gasteiger partial charge on any atom is -0.310 e. The minimum atomic E-state index is -0.564. The first-order valence-corrected chi connectivity index (χ1v) is 23.9. The Labute approximate surface area is 385 Å². The monoisotopic (exact) mass is 862 g/mol. The summed E-state index contributed by atoms with van der Waals surface area (Å²) < 4.78 is 5.20. The van der Waals surface area contributed by atoms with E-state index in [1.165, 1.54) is 96.2 Å². The van der Waals surface area contributed by atoms with Crippen LogP contribution in [0, 0.1) is 0 Å². The molecule has 0 radical (unpaired) electrons. The molecular weight excluding hydrogens is 825 g/mol. The van der Waals surface area contributed by atoms with Gasteiger partial charge in [-0.2, -0.15) is 0 Å². The lowest BCUT2D eigenvalue weighted by Crippen LogP contribution is -2.26. The third-order valence-electron chi connectivity index (χ3n) is 13.8. The summed E-state index contributed by atoms with van der Waals surface area (Å²) in [5, 5.41) is 5.17. The van der Waals surface area contributed by atoms with E-state index in [0.29, 0.717) is 0 Å². The van der Waals surface area contributed by atoms with E-state index in [0.717, 1.165) is 22.7 Å². The fraction of sp³-hybridized carbons (Fsp3) is 0.0164. The van der Waals surface area contributed by atoms with Crippen LogP contribution in [-0.4, -0.2) is 0 Å². The van der Waals surface area contributed by atoms with Gasteiger partial charge in [0, 0.05) is 64.0 Å². The van der Waals surface area contributed by atoms with E-state index in [9.17, 15) is 0 Å². The number of benzene rings is 10. The van der Waals surface area contributed by atoms with Gasteiger partial charge in [-0.1, -0.05) is 152 Å². The average molecular weight is 863 g/mol. The third-order valence-corrected chi connectivity index (χ3v) is 16.2. The topological polar surface area (TPSA) is 6.48 Å². The van der Waals surface area contributed by atoms with Crippen LogP contribution in [0.25, 0.3) is 62.6 Å². The first-order valence-electron chi connectivity index (χ1n) is 22.3. The molecule has 0 N–H and O–H groups in total. The fourth-order valence-corrected chi connectivity index (χ4v) is 13.5. The van der Waals surface area contributed by atoms with E-state index in [-0.39, 0.29) is 0 Å². The zero-order valence-electron chi connectivity index (χ0n) is 35.2. The Hall–Kier alpha value is -7.76. The fourth-order valence-electron chi connectivity index (χ4n) is 11.3. The van der Waals surface area contributed by atoms with Gasteiger partial charge in [0.1, 0.15) is 0 Å². The second-order valence-electron chi connectivity index (χ2n) is 17.1. The van der Waals surface area contributed by atoms with Crippen molar-refractivity contribution in [1.29, 1.82) is 0 Å². The summed E-state index contributed by atoms with van der Waals surface area (Å²) >= 11 is 3.74. The van der Waals surface area contributed by atoms with Gasteiger partial charge in [-0.3, -0.25) is 0 Å². The van der Waals surface area contributed by atoms with E-state index in [4.69, 9.17) is 0 Å². The van der Waals surface area contributed by atoms with Gasteiger partial charge in [0.05, 0.1) is 21.5 Å². The smallest absolute Gasteiger partial charge is 0.0727 e. The first-order chi connectivity index (χ1) is 32.3. The van der Waals surface area contributed by atoms with E-state index in [2.05, 4.69) is 240 Å². The molecule has 2 nitrogen and oxygen atoms in total. The van der Waals surface area contributed by atoms with Crippen molar-refractivity contribution < 1.29 is 0 Å². The van der Waals surface area contributed by atoms with Gasteiger partial charge in [0.25, 0.3) is 0 Å². The number of para-hydroxylation sites is 2. The number of fused-ring (bicyclic) bond motifs is 16. The Kier molecular flexibility index (Phi) is 7.97. The molecule has 1 atom stereocenters. The van der Waals surface area contributed by atoms with Crippen LogP contribution >= 0.6 is 22.7 Å². The van der Waals surface area contributed by atoms with Gasteiger partial charge in [0.15, 0.2) is 0 Å². The highest BCUT2D eigenvalue weighted by molar-refractivity contribution is 7.26. The maximum Gasteiger partial charge on any atom is 0.0727 e. The molecule has 4 heteroatoms. The van der Waals surface area contributed by atoms with Crippen molar-refractivity contribution in [2.45, 2.75) is 5.41 Å². The number of thiophene rings is 2. The lowest BCUT2D eigenvalue weighted by atomic mass is 9.70. The molecule has 2 aromatic heterocycles. The molecule has 10 aromatic carbocycles. The Morgan fingerprint density at radius 3 is 1.57 bits per heavy atom. The predicted molar refractivity (Wildman–Crippen MR) is 278 cm³/mol. The molecule has 12 aromatic rings. The quantitative estimate of drug-likeness (QED) is 0.164. The molecule has 2 aliphatic carbocycles. The summed E-state index contributed by atoms with van der Waals surface area (Å²) in [4.78, 5) is 4.97. The molecule has 304 valence electrons. The number of hydrogen-bond donors (Lipinski definition) is 0. The van der Waals surface area contributed by atoms with E-state index in [1.807, 2.05) is 22.7 Å². The molecule has 1 unspecified atom stereocenters. The van der Waals surface area contributed by atoms with Crippen LogP contribution in [-0.2, 0) is 5.41 Å². The van der Waals surface area contributed by atoms with Crippen LogP contribution < -0.4 is 9.80 Å². The van der Waals surface area contributed by atoms with Crippen LogP contribution in [0.2, 0.25) is 0 Å². The molecule has 0 saturated carbocycles. The zero-order valence-corrected chi connectivity index (χ0v) is 36.8. The molecule has 0 bridgehead atoms. The van der Waals surface area contributed by atoms with Crippen molar-refractivity contribution in [3.05, 3.63) is 253 Å². The summed E-state index contributed by atoms with van der Waals surface area (Å²) in [5.41, 5.74) is 16.7. The van der Waals surface area contributed by atoms with Crippen LogP contribution in [0.5, 0.6) is 0 Å². The minimum absolute atomic E-state index is 0.564. The largest absolute Gasteiger partial charge is 0.310 e. The summed E-state index contributed by atoms with van der Waals surface area (Å²) in [6.45, 7) is 0. The van der Waals surface area contributed by atoms with Gasteiger partial charge in [-0.15, -0.1) is 22.7 Å². The SMILES string of the molecule is c1ccc(N(c2ccc3sc4ccccc4c3c2)c2cccc3c2-c2ccccc2C32c3ccccc3-c3ccc(N(c4ccccc4)c4cccc5c4sc4ccccc45)cc32)cc1. The van der Waals surface area contributed by atoms with E-state index >= 15 is 0 Å². The molecule has 2 heterocycles. The van der Waals surface area contributed by atoms with Crippen molar-refractivity contribution in [3.8, 4) is 22.3 Å². The second kappa shape index (κ2) is 14.1. The Morgan fingerprint density at radius 1 is 0.292 bits per heavy atom. The zero-order chi connectivity index (χ0) is 42.6. The van der Waals surface area contributed by atoms with Gasteiger partial charge < -0.3 is 9.80 Å². The van der Waals surface area contributed by atoms with Crippen molar-refractivity contribution >= 4 is 97.1 Å². The van der Waals surface area contributed by atoms with Gasteiger partial charge in [-0.25, -0.2) is 0 Å².